The van der Waals surface area contributed by atoms with E-state index in [1.165, 1.54) is 23.1 Å². The number of amides is 2. The predicted molar refractivity (Wildman–Crippen MR) is 115 cm³/mol. The predicted octanol–water partition coefficient (Wildman–Crippen LogP) is 4.59. The van der Waals surface area contributed by atoms with Crippen molar-refractivity contribution in [3.8, 4) is 0 Å². The number of hydrogen-bond acceptors (Lipinski definition) is 4. The normalized spacial score (nSPS) is 15.8. The topological polar surface area (TPSA) is 49.9 Å². The van der Waals surface area contributed by atoms with E-state index in [9.17, 15) is 9.59 Å². The van der Waals surface area contributed by atoms with E-state index in [1.54, 1.807) is 11.8 Å². The minimum atomic E-state index is -0.271. The molecule has 0 spiro atoms. The van der Waals surface area contributed by atoms with Gasteiger partial charge in [0, 0.05) is 12.7 Å². The summed E-state index contributed by atoms with van der Waals surface area (Å²) < 4.78 is 0. The molecule has 0 saturated carbocycles. The first-order chi connectivity index (χ1) is 14.1. The Bertz CT molecular complexity index is 785. The van der Waals surface area contributed by atoms with Gasteiger partial charge in [-0.1, -0.05) is 67.1 Å². The summed E-state index contributed by atoms with van der Waals surface area (Å²) >= 11 is 1.65. The lowest BCUT2D eigenvalue weighted by Crippen LogP contribution is -2.61. The monoisotopic (exact) mass is 412 g/mol. The summed E-state index contributed by atoms with van der Waals surface area (Å²) in [5.41, 5.74) is 2.54. The van der Waals surface area contributed by atoms with Crippen LogP contribution in [0.25, 0.3) is 0 Å². The van der Waals surface area contributed by atoms with Gasteiger partial charge >= 0.3 is 0 Å². The fraction of sp³-hybridized carbons (Fsp3) is 0.391. The summed E-state index contributed by atoms with van der Waals surface area (Å²) in [4.78, 5) is 29.9. The molecule has 0 aliphatic carbocycles. The number of unbranched alkanes of at least 4 members (excludes halogenated alkanes) is 2. The van der Waals surface area contributed by atoms with Crippen molar-refractivity contribution >= 4 is 23.6 Å². The summed E-state index contributed by atoms with van der Waals surface area (Å²) in [5, 5.41) is 2.55. The molecular weight excluding hydrogens is 384 g/mol. The van der Waals surface area contributed by atoms with Gasteiger partial charge in [-0.2, -0.15) is 0 Å². The maximum Gasteiger partial charge on any atom is 0.264 e. The maximum atomic E-state index is 12.1. The smallest absolute Gasteiger partial charge is 0.264 e. The van der Waals surface area contributed by atoms with Crippen LogP contribution >= 0.6 is 11.8 Å². The van der Waals surface area contributed by atoms with Crippen LogP contribution in [0.5, 0.6) is 0 Å². The zero-order valence-corrected chi connectivity index (χ0v) is 17.6. The molecule has 2 aromatic carbocycles. The number of rotatable bonds is 11. The summed E-state index contributed by atoms with van der Waals surface area (Å²) in [6.07, 6.45) is 4.41. The quantitative estimate of drug-likeness (QED) is 0.308. The molecule has 2 aromatic rings. The molecular formula is C23H28N2O3S. The Balaban J connectivity index is 1.40. The van der Waals surface area contributed by atoms with Crippen LogP contribution in [-0.4, -0.2) is 34.0 Å². The molecule has 1 heterocycles. The highest BCUT2D eigenvalue weighted by Crippen LogP contribution is 2.33. The second-order valence-corrected chi connectivity index (χ2v) is 8.28. The van der Waals surface area contributed by atoms with Gasteiger partial charge in [0.15, 0.2) is 0 Å². The van der Waals surface area contributed by atoms with E-state index in [0.717, 1.165) is 36.6 Å². The number of hydrogen-bond donors (Lipinski definition) is 0. The highest BCUT2D eigenvalue weighted by molar-refractivity contribution is 7.99. The fourth-order valence-corrected chi connectivity index (χ4v) is 4.38. The van der Waals surface area contributed by atoms with Gasteiger partial charge in [-0.05, 0) is 30.4 Å². The Morgan fingerprint density at radius 3 is 2.31 bits per heavy atom. The number of carbonyl (C=O) groups excluding carboxylic acids is 2. The van der Waals surface area contributed by atoms with Gasteiger partial charge < -0.3 is 0 Å². The molecule has 1 aliphatic rings. The summed E-state index contributed by atoms with van der Waals surface area (Å²) in [6, 6.07) is 20.5. The van der Waals surface area contributed by atoms with E-state index in [1.807, 2.05) is 24.3 Å². The van der Waals surface area contributed by atoms with Crippen molar-refractivity contribution in [1.29, 1.82) is 0 Å². The van der Waals surface area contributed by atoms with Crippen LogP contribution in [0.1, 0.15) is 43.7 Å². The van der Waals surface area contributed by atoms with Crippen molar-refractivity contribution in [1.82, 2.24) is 10.2 Å². The van der Waals surface area contributed by atoms with Crippen LogP contribution < -0.4 is 0 Å². The van der Waals surface area contributed by atoms with E-state index in [0.29, 0.717) is 13.0 Å². The number of thioether (sulfide) groups is 1. The second-order valence-electron chi connectivity index (χ2n) is 7.12. The van der Waals surface area contributed by atoms with Crippen molar-refractivity contribution < 1.29 is 14.4 Å². The first kappa shape index (κ1) is 21.4. The zero-order chi connectivity index (χ0) is 20.5. The van der Waals surface area contributed by atoms with E-state index < -0.39 is 0 Å². The maximum absolute atomic E-state index is 12.1. The molecule has 154 valence electrons. The Hall–Kier alpha value is -2.31. The Morgan fingerprint density at radius 1 is 1.03 bits per heavy atom. The molecule has 29 heavy (non-hydrogen) atoms. The van der Waals surface area contributed by atoms with Crippen LogP contribution in [0.2, 0.25) is 0 Å². The average molecular weight is 413 g/mol. The average Bonchev–Trinajstić information content (AvgIpc) is 2.73. The number of hydroxylamine groups is 1. The lowest BCUT2D eigenvalue weighted by atomic mass is 10.1. The fourth-order valence-electron chi connectivity index (χ4n) is 3.20. The van der Waals surface area contributed by atoms with Crippen LogP contribution in [0.15, 0.2) is 60.7 Å². The third kappa shape index (κ3) is 6.34. The Kier molecular flexibility index (Phi) is 8.14. The molecule has 0 radical (unpaired) electrons. The highest BCUT2D eigenvalue weighted by atomic mass is 32.2. The van der Waals surface area contributed by atoms with Gasteiger partial charge in [0.25, 0.3) is 5.91 Å². The second kappa shape index (κ2) is 11.0. The number of nitrogens with zero attached hydrogens (tertiary/aromatic N) is 2. The summed E-state index contributed by atoms with van der Waals surface area (Å²) in [5.74, 6) is 0.447. The number of carbonyl (C=O) groups is 2. The van der Waals surface area contributed by atoms with E-state index in [-0.39, 0.29) is 17.2 Å². The van der Waals surface area contributed by atoms with Gasteiger partial charge in [-0.15, -0.1) is 16.9 Å². The molecule has 1 unspecified atom stereocenters. The lowest BCUT2D eigenvalue weighted by Gasteiger charge is -2.44. The molecule has 3 rings (SSSR count). The Labute approximate surface area is 177 Å². The van der Waals surface area contributed by atoms with Crippen LogP contribution in [0.3, 0.4) is 0 Å². The van der Waals surface area contributed by atoms with Crippen molar-refractivity contribution in [3.05, 3.63) is 71.8 Å². The Morgan fingerprint density at radius 2 is 1.69 bits per heavy atom. The van der Waals surface area contributed by atoms with Crippen molar-refractivity contribution in [2.24, 2.45) is 0 Å². The van der Waals surface area contributed by atoms with E-state index in [4.69, 9.17) is 4.84 Å². The first-order valence-electron chi connectivity index (χ1n) is 10.1. The molecule has 0 N–H and O–H groups in total. The zero-order valence-electron chi connectivity index (χ0n) is 16.8. The van der Waals surface area contributed by atoms with Crippen molar-refractivity contribution in [2.45, 2.75) is 50.2 Å². The van der Waals surface area contributed by atoms with Gasteiger partial charge in [-0.3, -0.25) is 14.4 Å². The molecule has 1 atom stereocenters. The standard InChI is InChI=1S/C23H28N2O3S/c1-19(26)25(28-16-10-4-9-13-20-11-5-2-6-12-20)24-22(27)17-23(24)29-18-21-14-7-3-8-15-21/h2-3,5-8,11-12,14-15,23H,4,9-10,13,16-18H2,1H3. The lowest BCUT2D eigenvalue weighted by molar-refractivity contribution is -0.276. The molecule has 6 heteroatoms. The summed E-state index contributed by atoms with van der Waals surface area (Å²) in [6.45, 7) is 1.86. The summed E-state index contributed by atoms with van der Waals surface area (Å²) in [7, 11) is 0. The first-order valence-corrected chi connectivity index (χ1v) is 11.1. The highest BCUT2D eigenvalue weighted by Gasteiger charge is 2.42. The minimum absolute atomic E-state index is 0.0651. The van der Waals surface area contributed by atoms with E-state index in [2.05, 4.69) is 36.4 Å². The molecule has 2 amide bonds. The SMILES string of the molecule is CC(=O)N(OCCCCCc1ccccc1)N1C(=O)CC1SCc1ccccc1. The van der Waals surface area contributed by atoms with Gasteiger partial charge in [-0.25, -0.2) is 5.01 Å². The number of hydrazine groups is 1. The van der Waals surface area contributed by atoms with Gasteiger partial charge in [0.05, 0.1) is 13.0 Å². The van der Waals surface area contributed by atoms with Crippen LogP contribution in [-0.2, 0) is 26.6 Å². The largest absolute Gasteiger partial charge is 0.273 e. The van der Waals surface area contributed by atoms with Gasteiger partial charge in [0.1, 0.15) is 5.37 Å². The third-order valence-corrected chi connectivity index (χ3v) is 6.05. The molecule has 1 fully saturated rings. The molecule has 0 bridgehead atoms. The molecule has 0 aromatic heterocycles. The number of aryl methyl sites for hydroxylation is 1. The third-order valence-electron chi connectivity index (χ3n) is 4.79. The van der Waals surface area contributed by atoms with Crippen molar-refractivity contribution in [3.63, 3.8) is 0 Å². The van der Waals surface area contributed by atoms with Gasteiger partial charge in [0.2, 0.25) is 5.91 Å². The van der Waals surface area contributed by atoms with Crippen LogP contribution in [0.4, 0.5) is 0 Å². The minimum Gasteiger partial charge on any atom is -0.273 e. The molecule has 5 nitrogen and oxygen atoms in total. The number of β-lactam (4-membered cyclic amide) rings is 1. The van der Waals surface area contributed by atoms with Crippen LogP contribution in [0, 0.1) is 0 Å². The number of benzene rings is 2. The van der Waals surface area contributed by atoms with Crippen molar-refractivity contribution in [2.75, 3.05) is 6.61 Å². The molecule has 1 saturated heterocycles. The van der Waals surface area contributed by atoms with E-state index >= 15 is 0 Å². The molecule has 1 aliphatic heterocycles.